The van der Waals surface area contributed by atoms with Gasteiger partial charge >= 0.3 is 0 Å². The van der Waals surface area contributed by atoms with E-state index < -0.39 is 29.2 Å². The highest BCUT2D eigenvalue weighted by atomic mass is 32.1. The molecule has 0 saturated heterocycles. The first-order valence-corrected chi connectivity index (χ1v) is 6.36. The van der Waals surface area contributed by atoms with Crippen molar-refractivity contribution in [1.29, 1.82) is 0 Å². The van der Waals surface area contributed by atoms with E-state index in [1.165, 1.54) is 6.92 Å². The zero-order valence-electron chi connectivity index (χ0n) is 11.6. The second-order valence-corrected chi connectivity index (χ2v) is 4.66. The van der Waals surface area contributed by atoms with Crippen LogP contribution in [0.1, 0.15) is 26.7 Å². The van der Waals surface area contributed by atoms with E-state index in [0.717, 1.165) is 5.56 Å². The average molecular weight is 280 g/mol. The second kappa shape index (κ2) is 7.74. The van der Waals surface area contributed by atoms with Gasteiger partial charge in [-0.05, 0) is 18.9 Å². The highest BCUT2D eigenvalue weighted by Crippen LogP contribution is 2.03. The lowest BCUT2D eigenvalue weighted by Crippen LogP contribution is -2.39. The van der Waals surface area contributed by atoms with Crippen LogP contribution in [0.5, 0.6) is 0 Å². The number of hydrogen-bond acceptors (Lipinski definition) is 3. The first kappa shape index (κ1) is 13.8. The molecule has 1 aromatic rings. The number of thiol groups is 1. The van der Waals surface area contributed by atoms with Crippen LogP contribution < -0.4 is 5.32 Å². The van der Waals surface area contributed by atoms with Gasteiger partial charge in [0.15, 0.2) is 10.9 Å². The lowest BCUT2D eigenvalue weighted by atomic mass is 10.1. The maximum Gasteiger partial charge on any atom is 0.220 e. The third-order valence-corrected chi connectivity index (χ3v) is 2.69. The molecule has 1 amide bonds. The fourth-order valence-corrected chi connectivity index (χ4v) is 1.64. The molecule has 0 heterocycles. The number of hydrogen-bond donors (Lipinski definition) is 2. The lowest BCUT2D eigenvalue weighted by molar-refractivity contribution is -0.129. The van der Waals surface area contributed by atoms with Gasteiger partial charge in [0.1, 0.15) is 0 Å². The molecule has 1 rings (SSSR count). The van der Waals surface area contributed by atoms with E-state index in [2.05, 4.69) is 17.9 Å². The topological polar surface area (TPSA) is 63.2 Å². The summed E-state index contributed by atoms with van der Waals surface area (Å²) in [6.07, 6.45) is -1.04. The molecule has 102 valence electrons. The van der Waals surface area contributed by atoms with Crippen LogP contribution in [0.3, 0.4) is 0 Å². The number of carbonyl (C=O) groups excluding carboxylic acids is 3. The van der Waals surface area contributed by atoms with Gasteiger partial charge in [-0.3, -0.25) is 14.4 Å². The normalized spacial score (nSPS) is 14.1. The number of ketones is 1. The molecule has 0 saturated carbocycles. The van der Waals surface area contributed by atoms with E-state index in [1.54, 1.807) is 0 Å². The van der Waals surface area contributed by atoms with Crippen molar-refractivity contribution in [2.45, 2.75) is 32.2 Å². The second-order valence-electron chi connectivity index (χ2n) is 4.16. The molecule has 0 aliphatic rings. The quantitative estimate of drug-likeness (QED) is 0.588. The Bertz CT molecular complexity index is 492. The van der Waals surface area contributed by atoms with Crippen LogP contribution in [-0.2, 0) is 20.8 Å². The van der Waals surface area contributed by atoms with E-state index >= 15 is 0 Å². The molecular formula is C14H17NO3S. The predicted octanol–water partition coefficient (Wildman–Crippen LogP) is 1.54. The predicted molar refractivity (Wildman–Crippen MR) is 76.0 cm³/mol. The van der Waals surface area contributed by atoms with Gasteiger partial charge in [0.05, 0.1) is 12.5 Å². The number of rotatable bonds is 7. The van der Waals surface area contributed by atoms with Crippen LogP contribution >= 0.6 is 12.6 Å². The Labute approximate surface area is 119 Å². The van der Waals surface area contributed by atoms with Gasteiger partial charge in [-0.15, -0.1) is 12.6 Å². The fraction of sp³-hybridized carbons (Fsp3) is 0.357. The summed E-state index contributed by atoms with van der Waals surface area (Å²) in [6, 6.07) is 8.42. The Balaban J connectivity index is 2.49. The van der Waals surface area contributed by atoms with Gasteiger partial charge in [-0.25, -0.2) is 0 Å². The zero-order valence-corrected chi connectivity index (χ0v) is 11.5. The molecule has 1 aromatic carbocycles. The molecule has 19 heavy (non-hydrogen) atoms. The molecule has 2 atom stereocenters. The number of carbonyl (C=O) groups is 3. The van der Waals surface area contributed by atoms with E-state index in [-0.39, 0.29) is 12.8 Å². The molecule has 0 radical (unpaired) electrons. The Kier molecular flexibility index (Phi) is 5.62. The van der Waals surface area contributed by atoms with E-state index in [4.69, 9.17) is 1.37 Å². The SMILES string of the molecule is [2H]C(Cc1ccccc1)C(=O)N[C@@H](C)C(=O)CC(=O)S. The Morgan fingerprint density at radius 3 is 2.53 bits per heavy atom. The third-order valence-electron chi connectivity index (χ3n) is 2.53. The van der Waals surface area contributed by atoms with Gasteiger partial charge in [0.2, 0.25) is 5.91 Å². The van der Waals surface area contributed by atoms with Gasteiger partial charge in [-0.1, -0.05) is 30.3 Å². The Morgan fingerprint density at radius 2 is 1.95 bits per heavy atom. The van der Waals surface area contributed by atoms with Crippen molar-refractivity contribution in [2.75, 3.05) is 0 Å². The Morgan fingerprint density at radius 1 is 1.32 bits per heavy atom. The van der Waals surface area contributed by atoms with Crippen LogP contribution in [0.25, 0.3) is 0 Å². The summed E-state index contributed by atoms with van der Waals surface area (Å²) >= 11 is 3.52. The molecule has 1 N–H and O–H groups in total. The van der Waals surface area contributed by atoms with Crippen molar-refractivity contribution >= 4 is 29.4 Å². The molecule has 0 bridgehead atoms. The summed E-state index contributed by atoms with van der Waals surface area (Å²) in [5.74, 6) is -0.938. The minimum absolute atomic E-state index is 0.277. The van der Waals surface area contributed by atoms with Crippen LogP contribution in [0, 0.1) is 0 Å². The van der Waals surface area contributed by atoms with Crippen LogP contribution in [0.15, 0.2) is 30.3 Å². The summed E-state index contributed by atoms with van der Waals surface area (Å²) in [5, 5.41) is 1.90. The van der Waals surface area contributed by atoms with E-state index in [0.29, 0.717) is 0 Å². The zero-order chi connectivity index (χ0) is 15.1. The largest absolute Gasteiger partial charge is 0.347 e. The van der Waals surface area contributed by atoms with Gasteiger partial charge in [0.25, 0.3) is 0 Å². The first-order valence-electron chi connectivity index (χ1n) is 6.49. The maximum atomic E-state index is 11.8. The molecule has 0 aliphatic carbocycles. The molecule has 0 aromatic heterocycles. The van der Waals surface area contributed by atoms with Gasteiger partial charge < -0.3 is 5.32 Å². The third kappa shape index (κ3) is 6.20. The molecule has 0 fully saturated rings. The lowest BCUT2D eigenvalue weighted by Gasteiger charge is -2.11. The van der Waals surface area contributed by atoms with Crippen molar-refractivity contribution in [1.82, 2.24) is 5.32 Å². The van der Waals surface area contributed by atoms with Crippen molar-refractivity contribution in [2.24, 2.45) is 0 Å². The summed E-state index contributed by atoms with van der Waals surface area (Å²) in [7, 11) is 0. The first-order chi connectivity index (χ1) is 9.40. The molecule has 0 aliphatic heterocycles. The molecule has 5 heteroatoms. The van der Waals surface area contributed by atoms with Crippen molar-refractivity contribution in [3.05, 3.63) is 35.9 Å². The van der Waals surface area contributed by atoms with Crippen molar-refractivity contribution in [3.63, 3.8) is 0 Å². The summed E-state index contributed by atoms with van der Waals surface area (Å²) in [5.41, 5.74) is 0.882. The maximum absolute atomic E-state index is 11.8. The minimum Gasteiger partial charge on any atom is -0.347 e. The summed E-state index contributed by atoms with van der Waals surface area (Å²) in [4.78, 5) is 34.0. The van der Waals surface area contributed by atoms with Crippen LogP contribution in [-0.4, -0.2) is 22.8 Å². The fourth-order valence-electron chi connectivity index (χ4n) is 1.48. The number of benzene rings is 1. The number of nitrogens with one attached hydrogen (secondary N) is 1. The summed E-state index contributed by atoms with van der Waals surface area (Å²) in [6.45, 7) is 1.49. The number of amides is 1. The molecule has 1 unspecified atom stereocenters. The number of Topliss-reactive ketones (excluding diaryl/α,β-unsaturated/α-hetero) is 1. The Hall–Kier alpha value is -1.62. The van der Waals surface area contributed by atoms with Gasteiger partial charge in [0, 0.05) is 7.77 Å². The van der Waals surface area contributed by atoms with E-state index in [9.17, 15) is 14.4 Å². The monoisotopic (exact) mass is 280 g/mol. The molecular weight excluding hydrogens is 262 g/mol. The molecule has 4 nitrogen and oxygen atoms in total. The highest BCUT2D eigenvalue weighted by Gasteiger charge is 2.17. The standard InChI is InChI=1S/C14H17NO3S/c1-10(12(16)9-14(18)19)15-13(17)8-7-11-5-3-2-4-6-11/h2-6,10H,7-9H2,1H3,(H,15,17)(H,18,19)/t10-/m0/s1/i8D/t8?,10-. The smallest absolute Gasteiger partial charge is 0.220 e. The van der Waals surface area contributed by atoms with Crippen LogP contribution in [0.2, 0.25) is 0 Å². The van der Waals surface area contributed by atoms with Crippen molar-refractivity contribution < 1.29 is 15.8 Å². The van der Waals surface area contributed by atoms with Crippen LogP contribution in [0.4, 0.5) is 0 Å². The van der Waals surface area contributed by atoms with Crippen molar-refractivity contribution in [3.8, 4) is 0 Å². The minimum atomic E-state index is -0.987. The van der Waals surface area contributed by atoms with E-state index in [1.807, 2.05) is 30.3 Å². The summed E-state index contributed by atoms with van der Waals surface area (Å²) < 4.78 is 7.79. The average Bonchev–Trinajstić information content (AvgIpc) is 2.38. The number of aryl methyl sites for hydroxylation is 1. The highest BCUT2D eigenvalue weighted by molar-refractivity contribution is 7.96. The van der Waals surface area contributed by atoms with Gasteiger partial charge in [-0.2, -0.15) is 0 Å². The molecule has 0 spiro atoms.